The van der Waals surface area contributed by atoms with Crippen LogP contribution in [0.1, 0.15) is 18.9 Å². The molecule has 1 aromatic carbocycles. The number of anilines is 2. The Hall–Kier alpha value is -2.81. The van der Waals surface area contributed by atoms with E-state index >= 15 is 0 Å². The quantitative estimate of drug-likeness (QED) is 0.723. The predicted octanol–water partition coefficient (Wildman–Crippen LogP) is 0.0700. The lowest BCUT2D eigenvalue weighted by Gasteiger charge is -2.36. The van der Waals surface area contributed by atoms with Gasteiger partial charge in [-0.15, -0.1) is 0 Å². The number of hydrogen-bond acceptors (Lipinski definition) is 6. The van der Waals surface area contributed by atoms with Gasteiger partial charge in [0.2, 0.25) is 11.8 Å². The lowest BCUT2D eigenvalue weighted by Crippen LogP contribution is -2.50. The van der Waals surface area contributed by atoms with Crippen molar-refractivity contribution in [2.75, 3.05) is 49.1 Å². The van der Waals surface area contributed by atoms with Crippen LogP contribution in [0.2, 0.25) is 0 Å². The van der Waals surface area contributed by atoms with E-state index in [0.717, 1.165) is 36.4 Å². The Labute approximate surface area is 169 Å². The molecule has 29 heavy (non-hydrogen) atoms. The summed E-state index contributed by atoms with van der Waals surface area (Å²) in [5.41, 5.74) is 8.60. The van der Waals surface area contributed by atoms with Crippen LogP contribution in [0.25, 0.3) is 0 Å². The molecule has 0 aromatic heterocycles. The molecule has 0 spiro atoms. The van der Waals surface area contributed by atoms with Crippen molar-refractivity contribution in [1.82, 2.24) is 10.2 Å². The van der Waals surface area contributed by atoms with Gasteiger partial charge in [-0.25, -0.2) is 4.79 Å². The van der Waals surface area contributed by atoms with Crippen molar-refractivity contribution in [3.63, 3.8) is 0 Å². The van der Waals surface area contributed by atoms with Gasteiger partial charge in [0.05, 0.1) is 18.3 Å². The largest absolute Gasteiger partial charge is 0.444 e. The molecule has 0 unspecified atom stereocenters. The van der Waals surface area contributed by atoms with Gasteiger partial charge in [0, 0.05) is 51.8 Å². The summed E-state index contributed by atoms with van der Waals surface area (Å²) in [6.07, 6.45) is 0.801. The van der Waals surface area contributed by atoms with Crippen molar-refractivity contribution in [1.29, 1.82) is 0 Å². The van der Waals surface area contributed by atoms with Gasteiger partial charge >= 0.3 is 6.09 Å². The molecular weight excluding hydrogens is 374 g/mol. The van der Waals surface area contributed by atoms with Crippen LogP contribution in [0.15, 0.2) is 18.2 Å². The summed E-state index contributed by atoms with van der Waals surface area (Å²) in [7, 11) is 0. The minimum Gasteiger partial charge on any atom is -0.444 e. The van der Waals surface area contributed by atoms with Crippen molar-refractivity contribution in [2.45, 2.75) is 31.9 Å². The Morgan fingerprint density at radius 1 is 1.24 bits per heavy atom. The maximum absolute atomic E-state index is 12.4. The van der Waals surface area contributed by atoms with Crippen LogP contribution in [0.3, 0.4) is 0 Å². The molecule has 2 fully saturated rings. The molecule has 3 N–H and O–H groups in total. The first-order valence-corrected chi connectivity index (χ1v) is 10.1. The molecule has 3 aliphatic heterocycles. The molecule has 0 aliphatic carbocycles. The van der Waals surface area contributed by atoms with Crippen molar-refractivity contribution in [3.8, 4) is 0 Å². The highest BCUT2D eigenvalue weighted by atomic mass is 16.6. The van der Waals surface area contributed by atoms with E-state index in [4.69, 9.17) is 10.5 Å². The van der Waals surface area contributed by atoms with Gasteiger partial charge in [0.1, 0.15) is 6.10 Å². The van der Waals surface area contributed by atoms with Crippen LogP contribution < -0.4 is 20.9 Å². The predicted molar refractivity (Wildman–Crippen MR) is 108 cm³/mol. The van der Waals surface area contributed by atoms with E-state index in [9.17, 15) is 14.4 Å². The van der Waals surface area contributed by atoms with E-state index in [1.54, 1.807) is 9.80 Å². The minimum absolute atomic E-state index is 0.0111. The maximum Gasteiger partial charge on any atom is 0.415 e. The van der Waals surface area contributed by atoms with Gasteiger partial charge in [-0.1, -0.05) is 0 Å². The van der Waals surface area contributed by atoms with Crippen molar-refractivity contribution < 1.29 is 19.1 Å². The summed E-state index contributed by atoms with van der Waals surface area (Å²) in [6, 6.07) is 6.13. The summed E-state index contributed by atoms with van der Waals surface area (Å²) >= 11 is 0. The van der Waals surface area contributed by atoms with E-state index in [0.29, 0.717) is 26.1 Å². The van der Waals surface area contributed by atoms with Gasteiger partial charge in [-0.3, -0.25) is 14.5 Å². The van der Waals surface area contributed by atoms with E-state index in [1.807, 2.05) is 12.1 Å². The third kappa shape index (κ3) is 3.74. The zero-order valence-electron chi connectivity index (χ0n) is 16.6. The van der Waals surface area contributed by atoms with E-state index < -0.39 is 0 Å². The fraction of sp³-hybridized carbons (Fsp3) is 0.550. The second-order valence-electron chi connectivity index (χ2n) is 7.72. The zero-order valence-corrected chi connectivity index (χ0v) is 16.6. The molecular formula is C20H27N5O4. The third-order valence-electron chi connectivity index (χ3n) is 5.94. The molecule has 3 heterocycles. The van der Waals surface area contributed by atoms with Gasteiger partial charge in [-0.2, -0.15) is 0 Å². The van der Waals surface area contributed by atoms with Gasteiger partial charge in [0.15, 0.2) is 0 Å². The number of rotatable bonds is 5. The molecule has 3 aliphatic rings. The highest BCUT2D eigenvalue weighted by molar-refractivity contribution is 5.94. The molecule has 0 bridgehead atoms. The van der Waals surface area contributed by atoms with Crippen LogP contribution >= 0.6 is 0 Å². The lowest BCUT2D eigenvalue weighted by molar-refractivity contribution is -0.130. The monoisotopic (exact) mass is 401 g/mol. The van der Waals surface area contributed by atoms with Crippen molar-refractivity contribution >= 4 is 29.3 Å². The van der Waals surface area contributed by atoms with E-state index in [-0.39, 0.29) is 36.6 Å². The number of ether oxygens (including phenoxy) is 1. The van der Waals surface area contributed by atoms with Crippen LogP contribution in [-0.2, 0) is 20.7 Å². The molecule has 4 rings (SSSR count). The Bertz CT molecular complexity index is 821. The summed E-state index contributed by atoms with van der Waals surface area (Å²) in [5, 5.41) is 2.76. The third-order valence-corrected chi connectivity index (χ3v) is 5.94. The summed E-state index contributed by atoms with van der Waals surface area (Å²) in [6.45, 7) is 4.88. The SMILES string of the molecule is CC(=O)NCC[C@@H]1OC(=O)N2c3ccc(N4CCN(C(=O)CN)CC4)cc3C[C@@H]12. The molecule has 2 saturated heterocycles. The summed E-state index contributed by atoms with van der Waals surface area (Å²) < 4.78 is 5.54. The second kappa shape index (κ2) is 7.90. The summed E-state index contributed by atoms with van der Waals surface area (Å²) in [5.74, 6) is -0.0955. The standard InChI is InChI=1S/C20H27N5O4/c1-13(26)22-5-4-18-17-11-14-10-15(2-3-16(14)25(17)20(28)29-18)23-6-8-24(9-7-23)19(27)12-21/h2-3,10,17-18H,4-9,11-12,21H2,1H3,(H,22,26)/t17-,18-/m0/s1. The number of nitrogens with one attached hydrogen (secondary N) is 1. The average Bonchev–Trinajstić information content (AvgIpc) is 3.24. The zero-order chi connectivity index (χ0) is 20.5. The second-order valence-corrected chi connectivity index (χ2v) is 7.72. The van der Waals surface area contributed by atoms with Gasteiger partial charge in [-0.05, 0) is 30.2 Å². The van der Waals surface area contributed by atoms with E-state index in [1.165, 1.54) is 6.92 Å². The molecule has 2 atom stereocenters. The van der Waals surface area contributed by atoms with Gasteiger partial charge in [0.25, 0.3) is 0 Å². The number of carbonyl (C=O) groups excluding carboxylic acids is 3. The molecule has 0 radical (unpaired) electrons. The van der Waals surface area contributed by atoms with Crippen LogP contribution in [0.5, 0.6) is 0 Å². The minimum atomic E-state index is -0.316. The first-order valence-electron chi connectivity index (χ1n) is 10.1. The van der Waals surface area contributed by atoms with Crippen LogP contribution in [0.4, 0.5) is 16.2 Å². The molecule has 9 nitrogen and oxygen atoms in total. The molecule has 3 amide bonds. The molecule has 156 valence electrons. The number of hydrogen-bond donors (Lipinski definition) is 2. The average molecular weight is 401 g/mol. The Kier molecular flexibility index (Phi) is 5.31. The van der Waals surface area contributed by atoms with Crippen molar-refractivity contribution in [2.24, 2.45) is 5.73 Å². The Balaban J connectivity index is 1.43. The smallest absolute Gasteiger partial charge is 0.415 e. The molecule has 1 aromatic rings. The maximum atomic E-state index is 12.4. The van der Waals surface area contributed by atoms with Crippen LogP contribution in [0, 0.1) is 0 Å². The highest BCUT2D eigenvalue weighted by Crippen LogP contribution is 2.41. The number of fused-ring (bicyclic) bond motifs is 3. The lowest BCUT2D eigenvalue weighted by atomic mass is 10.0. The summed E-state index contributed by atoms with van der Waals surface area (Å²) in [4.78, 5) is 41.1. The fourth-order valence-electron chi connectivity index (χ4n) is 4.44. The topological polar surface area (TPSA) is 108 Å². The number of piperazine rings is 1. The normalized spacial score (nSPS) is 23.0. The fourth-order valence-corrected chi connectivity index (χ4v) is 4.44. The highest BCUT2D eigenvalue weighted by Gasteiger charge is 2.47. The number of carbonyl (C=O) groups is 3. The number of amides is 3. The van der Waals surface area contributed by atoms with Crippen LogP contribution in [-0.4, -0.2) is 74.2 Å². The Morgan fingerprint density at radius 3 is 2.69 bits per heavy atom. The first-order chi connectivity index (χ1) is 14.0. The number of benzene rings is 1. The molecule has 0 saturated carbocycles. The van der Waals surface area contributed by atoms with Gasteiger partial charge < -0.3 is 25.6 Å². The van der Waals surface area contributed by atoms with E-state index in [2.05, 4.69) is 16.3 Å². The molecule has 9 heteroatoms. The first kappa shape index (κ1) is 19.5. The number of nitrogens with two attached hydrogens (primary N) is 1. The Morgan fingerprint density at radius 2 is 2.00 bits per heavy atom. The number of cyclic esters (lactones) is 1. The number of nitrogens with zero attached hydrogens (tertiary/aromatic N) is 3. The van der Waals surface area contributed by atoms with Crippen molar-refractivity contribution in [3.05, 3.63) is 23.8 Å².